The minimum absolute atomic E-state index is 0.303. The maximum absolute atomic E-state index is 12.0. The molecular weight excluding hydrogens is 279 g/mol. The minimum atomic E-state index is -4.51. The Bertz CT molecular complexity index is 346. The average molecular weight is 299 g/mol. The van der Waals surface area contributed by atoms with Crippen LogP contribution in [0, 0.1) is 0 Å². The van der Waals surface area contributed by atoms with Crippen molar-refractivity contribution in [3.63, 3.8) is 0 Å². The van der Waals surface area contributed by atoms with Gasteiger partial charge in [0.2, 0.25) is 5.91 Å². The molecule has 1 amide bonds. The second-order valence-electron chi connectivity index (χ2n) is 4.63. The fraction of sp³-hybridized carbons (Fsp3) is 0.833. The topological polar surface area (TPSA) is 64.6 Å². The molecule has 2 unspecified atom stereocenters. The van der Waals surface area contributed by atoms with Gasteiger partial charge < -0.3 is 14.8 Å². The van der Waals surface area contributed by atoms with Crippen molar-refractivity contribution in [3.8, 4) is 0 Å². The summed E-state index contributed by atoms with van der Waals surface area (Å²) in [6.07, 6.45) is -4.94. The highest BCUT2D eigenvalue weighted by Gasteiger charge is 2.37. The Balaban J connectivity index is 4.64. The Labute approximate surface area is 115 Å². The largest absolute Gasteiger partial charge is 0.467 e. The Morgan fingerprint density at radius 2 is 1.85 bits per heavy atom. The van der Waals surface area contributed by atoms with E-state index < -0.39 is 36.3 Å². The zero-order valence-electron chi connectivity index (χ0n) is 12.0. The van der Waals surface area contributed by atoms with Crippen LogP contribution in [0.3, 0.4) is 0 Å². The van der Waals surface area contributed by atoms with E-state index in [-0.39, 0.29) is 0 Å². The summed E-state index contributed by atoms with van der Waals surface area (Å²) in [6.45, 7) is 2.92. The van der Waals surface area contributed by atoms with Crippen molar-refractivity contribution in [2.75, 3.05) is 13.7 Å². The van der Waals surface area contributed by atoms with Crippen LogP contribution in [-0.4, -0.2) is 43.4 Å². The van der Waals surface area contributed by atoms with Crippen LogP contribution in [0.4, 0.5) is 13.2 Å². The Hall–Kier alpha value is -1.31. The van der Waals surface area contributed by atoms with Crippen LogP contribution in [0.5, 0.6) is 0 Å². The summed E-state index contributed by atoms with van der Waals surface area (Å²) < 4.78 is 45.0. The highest BCUT2D eigenvalue weighted by molar-refractivity contribution is 5.89. The molecule has 0 aromatic rings. The van der Waals surface area contributed by atoms with Crippen molar-refractivity contribution in [3.05, 3.63) is 0 Å². The highest BCUT2D eigenvalue weighted by atomic mass is 19.4. The second-order valence-corrected chi connectivity index (χ2v) is 4.63. The summed E-state index contributed by atoms with van der Waals surface area (Å²) in [6, 6.07) is 0. The van der Waals surface area contributed by atoms with E-state index in [1.54, 1.807) is 6.92 Å². The van der Waals surface area contributed by atoms with Gasteiger partial charge in [-0.15, -0.1) is 0 Å². The maximum Gasteiger partial charge on any atom is 0.411 e. The van der Waals surface area contributed by atoms with Gasteiger partial charge in [-0.25, -0.2) is 4.79 Å². The van der Waals surface area contributed by atoms with E-state index in [2.05, 4.69) is 14.8 Å². The molecule has 0 fully saturated rings. The number of esters is 1. The normalized spacial score (nSPS) is 16.1. The van der Waals surface area contributed by atoms with Gasteiger partial charge in [0.15, 0.2) is 0 Å². The standard InChI is InChI=1S/C12H20F3NO4/c1-5-6-11(3,10(18)19-4)16-9(17)8(2)20-7-12(13,14)15/h8H,5-7H2,1-4H3,(H,16,17). The van der Waals surface area contributed by atoms with E-state index in [9.17, 15) is 22.8 Å². The fourth-order valence-electron chi connectivity index (χ4n) is 1.61. The van der Waals surface area contributed by atoms with E-state index in [1.165, 1.54) is 21.0 Å². The summed E-state index contributed by atoms with van der Waals surface area (Å²) >= 11 is 0. The lowest BCUT2D eigenvalue weighted by molar-refractivity contribution is -0.186. The fourth-order valence-corrected chi connectivity index (χ4v) is 1.61. The van der Waals surface area contributed by atoms with Gasteiger partial charge in [0, 0.05) is 0 Å². The van der Waals surface area contributed by atoms with Gasteiger partial charge in [-0.2, -0.15) is 13.2 Å². The number of ether oxygens (including phenoxy) is 2. The van der Waals surface area contributed by atoms with Gasteiger partial charge in [-0.3, -0.25) is 4.79 Å². The van der Waals surface area contributed by atoms with Crippen molar-refractivity contribution >= 4 is 11.9 Å². The second kappa shape index (κ2) is 7.47. The molecule has 0 heterocycles. The van der Waals surface area contributed by atoms with Crippen molar-refractivity contribution in [2.24, 2.45) is 0 Å². The van der Waals surface area contributed by atoms with Crippen LogP contribution in [0.15, 0.2) is 0 Å². The molecule has 8 heteroatoms. The molecule has 0 rings (SSSR count). The maximum atomic E-state index is 12.0. The van der Waals surface area contributed by atoms with E-state index >= 15 is 0 Å². The Kier molecular flexibility index (Phi) is 6.98. The van der Waals surface area contributed by atoms with Crippen LogP contribution in [-0.2, 0) is 19.1 Å². The number of carbonyl (C=O) groups excluding carboxylic acids is 2. The van der Waals surface area contributed by atoms with E-state index in [4.69, 9.17) is 0 Å². The molecule has 118 valence electrons. The van der Waals surface area contributed by atoms with E-state index in [0.717, 1.165) is 0 Å². The van der Waals surface area contributed by atoms with Gasteiger partial charge in [0.1, 0.15) is 18.2 Å². The number of hydrogen-bond acceptors (Lipinski definition) is 4. The molecular formula is C12H20F3NO4. The third kappa shape index (κ3) is 6.23. The number of rotatable bonds is 7. The van der Waals surface area contributed by atoms with Crippen LogP contribution < -0.4 is 5.32 Å². The molecule has 5 nitrogen and oxygen atoms in total. The number of hydrogen-bond donors (Lipinski definition) is 1. The molecule has 0 saturated heterocycles. The molecule has 2 atom stereocenters. The number of methoxy groups -OCH3 is 1. The van der Waals surface area contributed by atoms with E-state index in [1.807, 2.05) is 0 Å². The van der Waals surface area contributed by atoms with Gasteiger partial charge >= 0.3 is 12.1 Å². The molecule has 0 saturated carbocycles. The number of nitrogens with one attached hydrogen (secondary N) is 1. The van der Waals surface area contributed by atoms with Gasteiger partial charge in [0.05, 0.1) is 7.11 Å². The summed E-state index contributed by atoms with van der Waals surface area (Å²) in [5.74, 6) is -1.45. The van der Waals surface area contributed by atoms with E-state index in [0.29, 0.717) is 12.8 Å². The third-order valence-electron chi connectivity index (χ3n) is 2.65. The van der Waals surface area contributed by atoms with Crippen LogP contribution >= 0.6 is 0 Å². The molecule has 20 heavy (non-hydrogen) atoms. The summed E-state index contributed by atoms with van der Waals surface area (Å²) in [7, 11) is 1.17. The number of alkyl halides is 3. The monoisotopic (exact) mass is 299 g/mol. The number of carbonyl (C=O) groups is 2. The summed E-state index contributed by atoms with van der Waals surface area (Å²) in [5, 5.41) is 2.38. The molecule has 0 spiro atoms. The first-order valence-corrected chi connectivity index (χ1v) is 6.14. The third-order valence-corrected chi connectivity index (χ3v) is 2.65. The first kappa shape index (κ1) is 18.7. The van der Waals surface area contributed by atoms with Crippen molar-refractivity contribution in [1.29, 1.82) is 0 Å². The van der Waals surface area contributed by atoms with Crippen LogP contribution in [0.1, 0.15) is 33.6 Å². The summed E-state index contributed by atoms with van der Waals surface area (Å²) in [4.78, 5) is 23.4. The lowest BCUT2D eigenvalue weighted by atomic mass is 9.96. The first-order chi connectivity index (χ1) is 9.05. The van der Waals surface area contributed by atoms with Crippen LogP contribution in [0.25, 0.3) is 0 Å². The molecule has 1 N–H and O–H groups in total. The molecule has 0 radical (unpaired) electrons. The predicted octanol–water partition coefficient (Wildman–Crippen LogP) is 1.80. The lowest BCUT2D eigenvalue weighted by Crippen LogP contribution is -2.55. The van der Waals surface area contributed by atoms with Crippen molar-refractivity contribution < 1.29 is 32.2 Å². The highest BCUT2D eigenvalue weighted by Crippen LogP contribution is 2.17. The molecule has 0 aliphatic carbocycles. The average Bonchev–Trinajstić information content (AvgIpc) is 2.33. The van der Waals surface area contributed by atoms with Crippen molar-refractivity contribution in [1.82, 2.24) is 5.32 Å². The van der Waals surface area contributed by atoms with Crippen molar-refractivity contribution in [2.45, 2.75) is 51.4 Å². The number of halogens is 3. The quantitative estimate of drug-likeness (QED) is 0.728. The number of amides is 1. The SMILES string of the molecule is CCCC(C)(NC(=O)C(C)OCC(F)(F)F)C(=O)OC. The molecule has 0 aromatic carbocycles. The molecule has 0 aliphatic heterocycles. The first-order valence-electron chi connectivity index (χ1n) is 6.14. The minimum Gasteiger partial charge on any atom is -0.467 e. The zero-order valence-corrected chi connectivity index (χ0v) is 12.0. The van der Waals surface area contributed by atoms with Gasteiger partial charge in [-0.05, 0) is 20.3 Å². The Morgan fingerprint density at radius 3 is 2.25 bits per heavy atom. The molecule has 0 bridgehead atoms. The molecule has 0 aromatic heterocycles. The Morgan fingerprint density at radius 1 is 1.30 bits per heavy atom. The van der Waals surface area contributed by atoms with Gasteiger partial charge in [0.25, 0.3) is 0 Å². The zero-order chi connectivity index (χ0) is 16.0. The lowest BCUT2D eigenvalue weighted by Gasteiger charge is -2.29. The van der Waals surface area contributed by atoms with Crippen LogP contribution in [0.2, 0.25) is 0 Å². The van der Waals surface area contributed by atoms with Gasteiger partial charge in [-0.1, -0.05) is 13.3 Å². The smallest absolute Gasteiger partial charge is 0.411 e. The molecule has 0 aliphatic rings. The summed E-state index contributed by atoms with van der Waals surface area (Å²) in [5.41, 5.74) is -1.28. The predicted molar refractivity (Wildman–Crippen MR) is 64.9 cm³/mol.